The Bertz CT molecular complexity index is 523. The van der Waals surface area contributed by atoms with Crippen molar-refractivity contribution in [2.24, 2.45) is 0 Å². The van der Waals surface area contributed by atoms with Gasteiger partial charge in [0.15, 0.2) is 0 Å². The molecule has 2 atom stereocenters. The fourth-order valence-electron chi connectivity index (χ4n) is 2.81. The Morgan fingerprint density at radius 2 is 2.18 bits per heavy atom. The van der Waals surface area contributed by atoms with E-state index in [2.05, 4.69) is 15.2 Å². The van der Waals surface area contributed by atoms with Crippen LogP contribution in [0, 0.1) is 0 Å². The molecule has 1 N–H and O–H groups in total. The second-order valence-corrected chi connectivity index (χ2v) is 6.05. The number of carbonyl (C=O) groups is 1. The standard InChI is InChI=1S/C15H20ClN3O3/c16-11-7-12(9-17-8-11)18-15(20)14-2-1-13(22-14)10-19-3-5-21-6-4-19/h7-9,13-14H,1-6,10H2,(H,18,20)/t13-,14+/m1/s1. The molecule has 1 amide bonds. The van der Waals surface area contributed by atoms with Crippen LogP contribution in [0.5, 0.6) is 0 Å². The van der Waals surface area contributed by atoms with Crippen LogP contribution in [0.4, 0.5) is 5.69 Å². The highest BCUT2D eigenvalue weighted by molar-refractivity contribution is 6.30. The zero-order valence-electron chi connectivity index (χ0n) is 12.3. The molecule has 0 bridgehead atoms. The van der Waals surface area contributed by atoms with E-state index in [4.69, 9.17) is 21.1 Å². The Morgan fingerprint density at radius 3 is 2.95 bits per heavy atom. The lowest BCUT2D eigenvalue weighted by molar-refractivity contribution is -0.127. The molecule has 0 unspecified atom stereocenters. The molecule has 2 saturated heterocycles. The molecule has 3 rings (SSSR count). The molecule has 0 aliphatic carbocycles. The van der Waals surface area contributed by atoms with E-state index in [1.165, 1.54) is 6.20 Å². The fourth-order valence-corrected chi connectivity index (χ4v) is 2.98. The molecule has 0 saturated carbocycles. The molecule has 2 fully saturated rings. The van der Waals surface area contributed by atoms with Gasteiger partial charge in [0.2, 0.25) is 0 Å². The van der Waals surface area contributed by atoms with Gasteiger partial charge in [0.1, 0.15) is 6.10 Å². The number of halogens is 1. The minimum Gasteiger partial charge on any atom is -0.379 e. The zero-order valence-corrected chi connectivity index (χ0v) is 13.1. The van der Waals surface area contributed by atoms with Gasteiger partial charge in [0.05, 0.1) is 36.2 Å². The van der Waals surface area contributed by atoms with Gasteiger partial charge in [0.25, 0.3) is 5.91 Å². The van der Waals surface area contributed by atoms with E-state index in [1.807, 2.05) is 0 Å². The highest BCUT2D eigenvalue weighted by Gasteiger charge is 2.32. The number of ether oxygens (including phenoxy) is 2. The molecule has 2 aliphatic rings. The van der Waals surface area contributed by atoms with Crippen LogP contribution in [0.3, 0.4) is 0 Å². The highest BCUT2D eigenvalue weighted by Crippen LogP contribution is 2.22. The van der Waals surface area contributed by atoms with E-state index in [0.717, 1.165) is 45.7 Å². The maximum Gasteiger partial charge on any atom is 0.253 e. The van der Waals surface area contributed by atoms with Gasteiger partial charge in [-0.3, -0.25) is 14.7 Å². The van der Waals surface area contributed by atoms with Crippen molar-refractivity contribution in [3.05, 3.63) is 23.5 Å². The van der Waals surface area contributed by atoms with Gasteiger partial charge in [-0.2, -0.15) is 0 Å². The van der Waals surface area contributed by atoms with E-state index in [-0.39, 0.29) is 12.0 Å². The summed E-state index contributed by atoms with van der Waals surface area (Å²) < 4.78 is 11.2. The summed E-state index contributed by atoms with van der Waals surface area (Å²) in [5.74, 6) is -0.131. The molecule has 0 aromatic carbocycles. The quantitative estimate of drug-likeness (QED) is 0.910. The van der Waals surface area contributed by atoms with Crippen LogP contribution in [-0.4, -0.2) is 60.8 Å². The Labute approximate surface area is 134 Å². The predicted molar refractivity (Wildman–Crippen MR) is 83.0 cm³/mol. The maximum absolute atomic E-state index is 12.2. The fraction of sp³-hybridized carbons (Fsp3) is 0.600. The third-order valence-corrected chi connectivity index (χ3v) is 4.14. The Hall–Kier alpha value is -1.21. The average molecular weight is 326 g/mol. The number of aromatic nitrogens is 1. The van der Waals surface area contributed by atoms with E-state index in [0.29, 0.717) is 10.7 Å². The van der Waals surface area contributed by atoms with Gasteiger partial charge in [-0.1, -0.05) is 11.6 Å². The Morgan fingerprint density at radius 1 is 1.36 bits per heavy atom. The number of hydrogen-bond donors (Lipinski definition) is 1. The van der Waals surface area contributed by atoms with Crippen molar-refractivity contribution in [2.75, 3.05) is 38.2 Å². The van der Waals surface area contributed by atoms with Gasteiger partial charge in [0, 0.05) is 25.8 Å². The smallest absolute Gasteiger partial charge is 0.253 e. The second kappa shape index (κ2) is 7.37. The SMILES string of the molecule is O=C(Nc1cncc(Cl)c1)[C@@H]1CC[C@H](CN2CCOCC2)O1. The second-order valence-electron chi connectivity index (χ2n) is 5.62. The monoisotopic (exact) mass is 325 g/mol. The molecule has 7 heteroatoms. The van der Waals surface area contributed by atoms with Crippen molar-refractivity contribution in [3.63, 3.8) is 0 Å². The van der Waals surface area contributed by atoms with Crippen LogP contribution < -0.4 is 5.32 Å². The minimum absolute atomic E-state index is 0.117. The number of rotatable bonds is 4. The number of carbonyl (C=O) groups excluding carboxylic acids is 1. The summed E-state index contributed by atoms with van der Waals surface area (Å²) in [6.45, 7) is 4.29. The number of pyridine rings is 1. The highest BCUT2D eigenvalue weighted by atomic mass is 35.5. The van der Waals surface area contributed by atoms with Gasteiger partial charge in [-0.05, 0) is 18.9 Å². The number of nitrogens with zero attached hydrogens (tertiary/aromatic N) is 2. The summed E-state index contributed by atoms with van der Waals surface area (Å²) in [7, 11) is 0. The molecule has 1 aromatic heterocycles. The molecule has 22 heavy (non-hydrogen) atoms. The van der Waals surface area contributed by atoms with Crippen molar-refractivity contribution in [1.29, 1.82) is 0 Å². The van der Waals surface area contributed by atoms with Gasteiger partial charge < -0.3 is 14.8 Å². The van der Waals surface area contributed by atoms with E-state index >= 15 is 0 Å². The number of amides is 1. The van der Waals surface area contributed by atoms with Crippen molar-refractivity contribution in [2.45, 2.75) is 25.0 Å². The molecular weight excluding hydrogens is 306 g/mol. The van der Waals surface area contributed by atoms with Gasteiger partial charge >= 0.3 is 0 Å². The lowest BCUT2D eigenvalue weighted by Crippen LogP contribution is -2.41. The molecule has 3 heterocycles. The van der Waals surface area contributed by atoms with Gasteiger partial charge in [-0.15, -0.1) is 0 Å². The van der Waals surface area contributed by atoms with Gasteiger partial charge in [-0.25, -0.2) is 0 Å². The summed E-state index contributed by atoms with van der Waals surface area (Å²) >= 11 is 5.86. The largest absolute Gasteiger partial charge is 0.379 e. The lowest BCUT2D eigenvalue weighted by atomic mass is 10.1. The summed E-state index contributed by atoms with van der Waals surface area (Å²) in [5.41, 5.74) is 0.595. The molecule has 2 aliphatic heterocycles. The summed E-state index contributed by atoms with van der Waals surface area (Å²) in [6, 6.07) is 1.67. The molecule has 0 spiro atoms. The van der Waals surface area contributed by atoms with Crippen LogP contribution in [0.15, 0.2) is 18.5 Å². The minimum atomic E-state index is -0.398. The summed E-state index contributed by atoms with van der Waals surface area (Å²) in [5, 5.41) is 3.30. The van der Waals surface area contributed by atoms with Crippen LogP contribution in [0.25, 0.3) is 0 Å². The van der Waals surface area contributed by atoms with E-state index in [1.54, 1.807) is 12.3 Å². The number of nitrogens with one attached hydrogen (secondary N) is 1. The van der Waals surface area contributed by atoms with Crippen LogP contribution in [0.1, 0.15) is 12.8 Å². The number of anilines is 1. The first kappa shape index (κ1) is 15.7. The number of hydrogen-bond acceptors (Lipinski definition) is 5. The average Bonchev–Trinajstić information content (AvgIpc) is 2.97. The molecule has 120 valence electrons. The van der Waals surface area contributed by atoms with E-state index in [9.17, 15) is 4.79 Å². The predicted octanol–water partition coefficient (Wildman–Crippen LogP) is 1.55. The lowest BCUT2D eigenvalue weighted by Gasteiger charge is -2.28. The third-order valence-electron chi connectivity index (χ3n) is 3.94. The molecule has 0 radical (unpaired) electrons. The molecular formula is C15H20ClN3O3. The summed E-state index contributed by atoms with van der Waals surface area (Å²) in [4.78, 5) is 18.5. The van der Waals surface area contributed by atoms with Crippen molar-refractivity contribution in [1.82, 2.24) is 9.88 Å². The van der Waals surface area contributed by atoms with Crippen molar-refractivity contribution in [3.8, 4) is 0 Å². The first-order valence-corrected chi connectivity index (χ1v) is 7.95. The first-order valence-electron chi connectivity index (χ1n) is 7.58. The topological polar surface area (TPSA) is 63.7 Å². The molecule has 1 aromatic rings. The third kappa shape index (κ3) is 4.16. The Kier molecular flexibility index (Phi) is 5.25. The first-order chi connectivity index (χ1) is 10.7. The van der Waals surface area contributed by atoms with E-state index < -0.39 is 6.10 Å². The Balaban J connectivity index is 1.48. The summed E-state index contributed by atoms with van der Waals surface area (Å²) in [6.07, 6.45) is 4.47. The van der Waals surface area contributed by atoms with Crippen molar-refractivity contribution >= 4 is 23.2 Å². The van der Waals surface area contributed by atoms with Crippen LogP contribution in [0.2, 0.25) is 5.02 Å². The maximum atomic E-state index is 12.2. The zero-order chi connectivity index (χ0) is 15.4. The van der Waals surface area contributed by atoms with Crippen LogP contribution >= 0.6 is 11.6 Å². The van der Waals surface area contributed by atoms with Crippen molar-refractivity contribution < 1.29 is 14.3 Å². The number of morpholine rings is 1. The molecule has 6 nitrogen and oxygen atoms in total. The van der Waals surface area contributed by atoms with Crippen LogP contribution in [-0.2, 0) is 14.3 Å². The normalized spacial score (nSPS) is 26.0.